The quantitative estimate of drug-likeness (QED) is 0.721. The van der Waals surface area contributed by atoms with Gasteiger partial charge in [0.25, 0.3) is 0 Å². The minimum absolute atomic E-state index is 0.253. The van der Waals surface area contributed by atoms with Gasteiger partial charge in [0.05, 0.1) is 9.99 Å². The Balaban J connectivity index is 1.82. The highest BCUT2D eigenvalue weighted by molar-refractivity contribution is 9.10. The number of nitrogens with one attached hydrogen (secondary N) is 2. The van der Waals surface area contributed by atoms with E-state index in [9.17, 15) is 4.39 Å². The van der Waals surface area contributed by atoms with E-state index in [4.69, 9.17) is 0 Å². The summed E-state index contributed by atoms with van der Waals surface area (Å²) in [6.45, 7) is 0.690. The number of hydrogen-bond acceptors (Lipinski definition) is 1. The summed E-state index contributed by atoms with van der Waals surface area (Å²) in [5, 5.41) is 4.49. The van der Waals surface area contributed by atoms with E-state index in [2.05, 4.69) is 38.4 Å². The highest BCUT2D eigenvalue weighted by atomic mass is 79.9. The van der Waals surface area contributed by atoms with E-state index in [0.717, 1.165) is 11.2 Å². The second-order valence-corrected chi connectivity index (χ2v) is 5.20. The standard InChI is InChI=1S/C15H12BrFN2/c16-13-8-12(4-5-14(13)17)19-9-11-3-1-2-10-6-7-18-15(10)11/h1-8,18-19H,9H2. The minimum atomic E-state index is -0.253. The van der Waals surface area contributed by atoms with Crippen LogP contribution < -0.4 is 5.32 Å². The zero-order valence-electron chi connectivity index (χ0n) is 10.1. The molecule has 19 heavy (non-hydrogen) atoms. The molecule has 2 nitrogen and oxygen atoms in total. The number of aromatic nitrogens is 1. The summed E-state index contributed by atoms with van der Waals surface area (Å²) in [4.78, 5) is 3.24. The number of benzene rings is 2. The molecule has 0 spiro atoms. The summed E-state index contributed by atoms with van der Waals surface area (Å²) in [6.07, 6.45) is 1.93. The van der Waals surface area contributed by atoms with Gasteiger partial charge in [-0.2, -0.15) is 0 Å². The monoisotopic (exact) mass is 318 g/mol. The Morgan fingerprint density at radius 3 is 2.89 bits per heavy atom. The molecule has 0 amide bonds. The van der Waals surface area contributed by atoms with Gasteiger partial charge in [-0.25, -0.2) is 4.39 Å². The molecule has 0 saturated heterocycles. The predicted molar refractivity (Wildman–Crippen MR) is 79.7 cm³/mol. The molecule has 2 aromatic carbocycles. The van der Waals surface area contributed by atoms with E-state index in [1.807, 2.05) is 18.3 Å². The summed E-state index contributed by atoms with van der Waals surface area (Å²) < 4.78 is 13.6. The van der Waals surface area contributed by atoms with Crippen molar-refractivity contribution in [3.63, 3.8) is 0 Å². The number of para-hydroxylation sites is 1. The van der Waals surface area contributed by atoms with Crippen LogP contribution in [0.5, 0.6) is 0 Å². The molecule has 4 heteroatoms. The van der Waals surface area contributed by atoms with Gasteiger partial charge in [-0.3, -0.25) is 0 Å². The molecule has 0 fully saturated rings. The first-order valence-corrected chi connectivity index (χ1v) is 6.77. The van der Waals surface area contributed by atoms with Crippen LogP contribution in [-0.4, -0.2) is 4.98 Å². The molecule has 0 aliphatic rings. The Hall–Kier alpha value is -1.81. The Bertz CT molecular complexity index is 721. The number of aromatic amines is 1. The second-order valence-electron chi connectivity index (χ2n) is 4.34. The molecule has 0 bridgehead atoms. The van der Waals surface area contributed by atoms with E-state index < -0.39 is 0 Å². The fourth-order valence-electron chi connectivity index (χ4n) is 2.10. The SMILES string of the molecule is Fc1ccc(NCc2cccc3cc[nH]c23)cc1Br. The van der Waals surface area contributed by atoms with Crippen LogP contribution in [0, 0.1) is 5.82 Å². The van der Waals surface area contributed by atoms with Gasteiger partial charge in [0.1, 0.15) is 5.82 Å². The predicted octanol–water partition coefficient (Wildman–Crippen LogP) is 4.68. The Morgan fingerprint density at radius 1 is 1.16 bits per heavy atom. The molecule has 0 aliphatic carbocycles. The highest BCUT2D eigenvalue weighted by Gasteiger charge is 2.03. The van der Waals surface area contributed by atoms with Crippen molar-refractivity contribution in [2.75, 3.05) is 5.32 Å². The van der Waals surface area contributed by atoms with Crippen molar-refractivity contribution in [2.24, 2.45) is 0 Å². The van der Waals surface area contributed by atoms with E-state index in [-0.39, 0.29) is 5.82 Å². The van der Waals surface area contributed by atoms with Crippen LogP contribution in [-0.2, 0) is 6.54 Å². The average molecular weight is 319 g/mol. The molecule has 0 aliphatic heterocycles. The fraction of sp³-hybridized carbons (Fsp3) is 0.0667. The number of halogens is 2. The number of anilines is 1. The van der Waals surface area contributed by atoms with Gasteiger partial charge in [-0.05, 0) is 51.1 Å². The summed E-state index contributed by atoms with van der Waals surface area (Å²) >= 11 is 3.18. The van der Waals surface area contributed by atoms with Crippen molar-refractivity contribution in [3.05, 3.63) is 64.5 Å². The van der Waals surface area contributed by atoms with E-state index in [1.54, 1.807) is 12.1 Å². The smallest absolute Gasteiger partial charge is 0.137 e. The lowest BCUT2D eigenvalue weighted by molar-refractivity contribution is 0.621. The summed E-state index contributed by atoms with van der Waals surface area (Å²) in [5.74, 6) is -0.253. The molecule has 0 atom stereocenters. The first-order valence-electron chi connectivity index (χ1n) is 5.98. The minimum Gasteiger partial charge on any atom is -0.381 e. The van der Waals surface area contributed by atoms with Crippen molar-refractivity contribution in [1.82, 2.24) is 4.98 Å². The Morgan fingerprint density at radius 2 is 2.05 bits per heavy atom. The summed E-state index contributed by atoms with van der Waals surface area (Å²) in [6, 6.07) is 13.1. The lowest BCUT2D eigenvalue weighted by Gasteiger charge is -2.08. The number of hydrogen-bond donors (Lipinski definition) is 2. The van der Waals surface area contributed by atoms with Crippen LogP contribution >= 0.6 is 15.9 Å². The Labute approximate surface area is 118 Å². The normalized spacial score (nSPS) is 10.8. The summed E-state index contributed by atoms with van der Waals surface area (Å²) in [7, 11) is 0. The van der Waals surface area contributed by atoms with Crippen molar-refractivity contribution >= 4 is 32.5 Å². The fourth-order valence-corrected chi connectivity index (χ4v) is 2.48. The van der Waals surface area contributed by atoms with Crippen LogP contribution in [0.4, 0.5) is 10.1 Å². The molecule has 0 unspecified atom stereocenters. The van der Waals surface area contributed by atoms with Gasteiger partial charge in [0.2, 0.25) is 0 Å². The van der Waals surface area contributed by atoms with Crippen molar-refractivity contribution in [3.8, 4) is 0 Å². The van der Waals surface area contributed by atoms with Crippen LogP contribution in [0.15, 0.2) is 53.1 Å². The van der Waals surface area contributed by atoms with Gasteiger partial charge in [0, 0.05) is 18.4 Å². The van der Waals surface area contributed by atoms with Gasteiger partial charge in [-0.1, -0.05) is 18.2 Å². The molecular formula is C15H12BrFN2. The molecular weight excluding hydrogens is 307 g/mol. The molecule has 96 valence electrons. The van der Waals surface area contributed by atoms with E-state index in [0.29, 0.717) is 11.0 Å². The Kier molecular flexibility index (Phi) is 3.25. The molecule has 2 N–H and O–H groups in total. The molecule has 0 radical (unpaired) electrons. The first-order chi connectivity index (χ1) is 9.24. The van der Waals surface area contributed by atoms with E-state index in [1.165, 1.54) is 17.0 Å². The van der Waals surface area contributed by atoms with Gasteiger partial charge < -0.3 is 10.3 Å². The second kappa shape index (κ2) is 5.05. The maximum atomic E-state index is 13.1. The third kappa shape index (κ3) is 2.49. The number of H-pyrrole nitrogens is 1. The van der Waals surface area contributed by atoms with E-state index >= 15 is 0 Å². The lowest BCUT2D eigenvalue weighted by atomic mass is 10.1. The van der Waals surface area contributed by atoms with Crippen LogP contribution in [0.25, 0.3) is 10.9 Å². The van der Waals surface area contributed by atoms with Crippen molar-refractivity contribution < 1.29 is 4.39 Å². The largest absolute Gasteiger partial charge is 0.381 e. The van der Waals surface area contributed by atoms with Crippen LogP contribution in [0.2, 0.25) is 0 Å². The zero-order chi connectivity index (χ0) is 13.2. The summed E-state index contributed by atoms with van der Waals surface area (Å²) in [5.41, 5.74) is 3.20. The third-order valence-corrected chi connectivity index (χ3v) is 3.68. The maximum absolute atomic E-state index is 13.1. The van der Waals surface area contributed by atoms with Crippen LogP contribution in [0.3, 0.4) is 0 Å². The molecule has 0 saturated carbocycles. The number of rotatable bonds is 3. The maximum Gasteiger partial charge on any atom is 0.137 e. The topological polar surface area (TPSA) is 27.8 Å². The lowest BCUT2D eigenvalue weighted by Crippen LogP contribution is -2.00. The van der Waals surface area contributed by atoms with Gasteiger partial charge in [0.15, 0.2) is 0 Å². The molecule has 3 aromatic rings. The average Bonchev–Trinajstić information content (AvgIpc) is 2.89. The molecule has 1 heterocycles. The van der Waals surface area contributed by atoms with Crippen molar-refractivity contribution in [2.45, 2.75) is 6.54 Å². The first kappa shape index (κ1) is 12.2. The molecule has 3 rings (SSSR count). The third-order valence-electron chi connectivity index (χ3n) is 3.08. The zero-order valence-corrected chi connectivity index (χ0v) is 11.7. The highest BCUT2D eigenvalue weighted by Crippen LogP contribution is 2.22. The molecule has 1 aromatic heterocycles. The van der Waals surface area contributed by atoms with Crippen LogP contribution in [0.1, 0.15) is 5.56 Å². The van der Waals surface area contributed by atoms with Crippen molar-refractivity contribution in [1.29, 1.82) is 0 Å². The van der Waals surface area contributed by atoms with Gasteiger partial charge >= 0.3 is 0 Å². The number of fused-ring (bicyclic) bond motifs is 1. The van der Waals surface area contributed by atoms with Gasteiger partial charge in [-0.15, -0.1) is 0 Å².